The van der Waals surface area contributed by atoms with Crippen molar-refractivity contribution in [2.45, 2.75) is 0 Å². The third-order valence-corrected chi connectivity index (χ3v) is 2.87. The molecule has 3 aromatic rings. The van der Waals surface area contributed by atoms with Crippen LogP contribution in [0.15, 0.2) is 53.2 Å². The van der Waals surface area contributed by atoms with Gasteiger partial charge < -0.3 is 5.21 Å². The highest BCUT2D eigenvalue weighted by molar-refractivity contribution is 5.75. The van der Waals surface area contributed by atoms with Gasteiger partial charge in [-0.3, -0.25) is 4.63 Å². The van der Waals surface area contributed by atoms with E-state index in [1.54, 1.807) is 12.1 Å². The molecule has 6 heteroatoms. The average Bonchev–Trinajstić information content (AvgIpc) is 2.82. The van der Waals surface area contributed by atoms with E-state index in [2.05, 4.69) is 9.79 Å². The summed E-state index contributed by atoms with van der Waals surface area (Å²) < 4.78 is 32.1. The number of halogens is 2. The second-order valence-corrected chi connectivity index (χ2v) is 4.09. The summed E-state index contributed by atoms with van der Waals surface area (Å²) in [4.78, 5) is 0.0696. The van der Waals surface area contributed by atoms with Crippen LogP contribution in [-0.2, 0) is 0 Å². The molecule has 1 heterocycles. The molecule has 0 radical (unpaired) electrons. The number of hydrogen-bond donors (Lipinski definition) is 0. The van der Waals surface area contributed by atoms with E-state index in [1.165, 1.54) is 36.4 Å². The molecule has 0 saturated carbocycles. The van der Waals surface area contributed by atoms with Crippen molar-refractivity contribution in [2.75, 3.05) is 0 Å². The second-order valence-electron chi connectivity index (χ2n) is 4.09. The van der Waals surface area contributed by atoms with Gasteiger partial charge in [0, 0.05) is 5.16 Å². The average molecular weight is 274 g/mol. The Bertz CT molecular complexity index is 771. The van der Waals surface area contributed by atoms with Crippen LogP contribution in [0.3, 0.4) is 0 Å². The van der Waals surface area contributed by atoms with Crippen LogP contribution >= 0.6 is 0 Å². The summed E-state index contributed by atoms with van der Waals surface area (Å²) in [6, 6.07) is 11.4. The molecule has 2 aromatic carbocycles. The molecule has 3 rings (SSSR count). The quantitative estimate of drug-likeness (QED) is 0.675. The van der Waals surface area contributed by atoms with Crippen molar-refractivity contribution in [1.82, 2.24) is 5.16 Å². The first kappa shape index (κ1) is 12.3. The Labute approximate surface area is 112 Å². The van der Waals surface area contributed by atoms with Crippen molar-refractivity contribution >= 4 is 0 Å². The molecule has 0 spiro atoms. The number of aromatic nitrogens is 2. The molecule has 100 valence electrons. The summed E-state index contributed by atoms with van der Waals surface area (Å²) in [6.45, 7) is 0. The fourth-order valence-corrected chi connectivity index (χ4v) is 1.96. The molecule has 1 aromatic heterocycles. The van der Waals surface area contributed by atoms with Gasteiger partial charge in [0.25, 0.3) is 5.69 Å². The molecule has 0 N–H and O–H groups in total. The van der Waals surface area contributed by atoms with E-state index >= 15 is 0 Å². The Hall–Kier alpha value is -2.76. The van der Waals surface area contributed by atoms with Crippen LogP contribution in [0.5, 0.6) is 0 Å². The first-order valence-corrected chi connectivity index (χ1v) is 5.78. The fraction of sp³-hybridized carbons (Fsp3) is 0. The van der Waals surface area contributed by atoms with E-state index in [-0.39, 0.29) is 27.4 Å². The first-order chi connectivity index (χ1) is 9.68. The van der Waals surface area contributed by atoms with Crippen LogP contribution in [-0.4, -0.2) is 5.16 Å². The Morgan fingerprint density at radius 1 is 0.900 bits per heavy atom. The van der Waals surface area contributed by atoms with Crippen LogP contribution < -0.4 is 4.90 Å². The zero-order chi connectivity index (χ0) is 14.1. The lowest BCUT2D eigenvalue weighted by molar-refractivity contribution is -0.793. The molecule has 4 nitrogen and oxygen atoms in total. The molecule has 0 bridgehead atoms. The molecular weight excluding hydrogens is 266 g/mol. The summed E-state index contributed by atoms with van der Waals surface area (Å²) in [5.74, 6) is -1.18. The summed E-state index contributed by atoms with van der Waals surface area (Å²) in [5.41, 5.74) is -0.123. The monoisotopic (exact) mass is 274 g/mol. The normalized spacial score (nSPS) is 10.7. The fourth-order valence-electron chi connectivity index (χ4n) is 1.96. The van der Waals surface area contributed by atoms with E-state index in [0.29, 0.717) is 0 Å². The predicted molar refractivity (Wildman–Crippen MR) is 66.3 cm³/mol. The van der Waals surface area contributed by atoms with Crippen molar-refractivity contribution in [3.05, 3.63) is 65.4 Å². The zero-order valence-corrected chi connectivity index (χ0v) is 10.1. The SMILES string of the molecule is [O-][n+]1onc(-c2ccccc2F)c1-c1ccccc1F. The van der Waals surface area contributed by atoms with Gasteiger partial charge in [-0.2, -0.15) is 0 Å². The summed E-state index contributed by atoms with van der Waals surface area (Å²) >= 11 is 0. The highest BCUT2D eigenvalue weighted by Crippen LogP contribution is 2.30. The molecule has 0 fully saturated rings. The third kappa shape index (κ3) is 1.91. The van der Waals surface area contributed by atoms with Gasteiger partial charge in [-0.15, -0.1) is 0 Å². The largest absolute Gasteiger partial charge is 0.359 e. The molecule has 0 aliphatic carbocycles. The van der Waals surface area contributed by atoms with Gasteiger partial charge in [0.2, 0.25) is 5.69 Å². The lowest BCUT2D eigenvalue weighted by Gasteiger charge is -2.01. The van der Waals surface area contributed by atoms with Crippen molar-refractivity contribution < 1.29 is 18.3 Å². The molecule has 0 aliphatic heterocycles. The van der Waals surface area contributed by atoms with Gasteiger partial charge in [-0.05, 0) is 29.2 Å². The van der Waals surface area contributed by atoms with Gasteiger partial charge in [-0.1, -0.05) is 24.3 Å². The number of hydrogen-bond acceptors (Lipinski definition) is 3. The molecular formula is C14H8F2N2O2. The lowest BCUT2D eigenvalue weighted by Crippen LogP contribution is -2.25. The lowest BCUT2D eigenvalue weighted by atomic mass is 10.0. The minimum atomic E-state index is -0.613. The van der Waals surface area contributed by atoms with Crippen LogP contribution in [0.2, 0.25) is 0 Å². The first-order valence-electron chi connectivity index (χ1n) is 5.78. The summed E-state index contributed by atoms with van der Waals surface area (Å²) in [6.07, 6.45) is 0. The van der Waals surface area contributed by atoms with Gasteiger partial charge >= 0.3 is 0 Å². The molecule has 0 unspecified atom stereocenters. The van der Waals surface area contributed by atoms with Crippen LogP contribution in [0.1, 0.15) is 0 Å². The molecule has 20 heavy (non-hydrogen) atoms. The number of nitrogens with zero attached hydrogens (tertiary/aromatic N) is 2. The van der Waals surface area contributed by atoms with Crippen LogP contribution in [0, 0.1) is 16.8 Å². The van der Waals surface area contributed by atoms with Crippen LogP contribution in [0.25, 0.3) is 22.5 Å². The highest BCUT2D eigenvalue weighted by Gasteiger charge is 2.26. The van der Waals surface area contributed by atoms with E-state index in [1.807, 2.05) is 0 Å². The van der Waals surface area contributed by atoms with Gasteiger partial charge in [0.15, 0.2) is 0 Å². The Morgan fingerprint density at radius 3 is 2.05 bits per heavy atom. The summed E-state index contributed by atoms with van der Waals surface area (Å²) in [5, 5.41) is 15.2. The van der Waals surface area contributed by atoms with E-state index in [9.17, 15) is 14.0 Å². The molecule has 0 atom stereocenters. The minimum Gasteiger partial charge on any atom is -0.359 e. The Balaban J connectivity index is 2.26. The van der Waals surface area contributed by atoms with Crippen molar-refractivity contribution in [3.8, 4) is 22.5 Å². The van der Waals surface area contributed by atoms with Gasteiger partial charge in [0.1, 0.15) is 11.6 Å². The summed E-state index contributed by atoms with van der Waals surface area (Å²) in [7, 11) is 0. The van der Waals surface area contributed by atoms with E-state index in [0.717, 1.165) is 0 Å². The van der Waals surface area contributed by atoms with Crippen molar-refractivity contribution in [3.63, 3.8) is 0 Å². The maximum Gasteiger partial charge on any atom is 0.259 e. The number of benzene rings is 2. The number of rotatable bonds is 2. The minimum absolute atomic E-state index is 0.00185. The molecule has 0 amide bonds. The van der Waals surface area contributed by atoms with Gasteiger partial charge in [0.05, 0.1) is 11.1 Å². The second kappa shape index (κ2) is 4.73. The van der Waals surface area contributed by atoms with Gasteiger partial charge in [-0.25, -0.2) is 8.78 Å². The maximum absolute atomic E-state index is 13.8. The predicted octanol–water partition coefficient (Wildman–Crippen LogP) is 2.92. The molecule has 0 saturated heterocycles. The Kier molecular flexibility index (Phi) is 2.90. The van der Waals surface area contributed by atoms with E-state index < -0.39 is 11.6 Å². The Morgan fingerprint density at radius 2 is 1.45 bits per heavy atom. The maximum atomic E-state index is 13.8. The highest BCUT2D eigenvalue weighted by atomic mass is 19.1. The smallest absolute Gasteiger partial charge is 0.259 e. The third-order valence-electron chi connectivity index (χ3n) is 2.87. The van der Waals surface area contributed by atoms with E-state index in [4.69, 9.17) is 0 Å². The van der Waals surface area contributed by atoms with Crippen molar-refractivity contribution in [2.24, 2.45) is 0 Å². The van der Waals surface area contributed by atoms with Crippen molar-refractivity contribution in [1.29, 1.82) is 0 Å². The zero-order valence-electron chi connectivity index (χ0n) is 10.1. The van der Waals surface area contributed by atoms with Crippen LogP contribution in [0.4, 0.5) is 8.78 Å². The molecule has 0 aliphatic rings. The standard InChI is InChI=1S/C14H8F2N2O2/c15-11-7-3-1-5-9(11)13-14(18(19)20-17-13)10-6-2-4-8-12(10)16/h1-8H. The topological polar surface area (TPSA) is 53.0 Å².